The number of nitrogens with zero attached hydrogens (tertiary/aromatic N) is 1. The topological polar surface area (TPSA) is 23.5 Å². The lowest BCUT2D eigenvalue weighted by molar-refractivity contribution is -0.0633. The molecule has 1 aliphatic heterocycles. The summed E-state index contributed by atoms with van der Waals surface area (Å²) in [6.07, 6.45) is 0. The van der Waals surface area contributed by atoms with E-state index >= 15 is 0 Å². The number of hydroxylamine groups is 2. The van der Waals surface area contributed by atoms with Crippen molar-refractivity contribution in [2.45, 2.75) is 12.3 Å². The van der Waals surface area contributed by atoms with E-state index in [0.717, 1.165) is 11.3 Å². The van der Waals surface area contributed by atoms with Crippen LogP contribution in [0.3, 0.4) is 0 Å². The number of thioether (sulfide) groups is 1. The van der Waals surface area contributed by atoms with Crippen molar-refractivity contribution in [1.82, 2.24) is 5.06 Å². The average Bonchev–Trinajstić information content (AvgIpc) is 2.49. The van der Waals surface area contributed by atoms with Crippen LogP contribution in [0.25, 0.3) is 0 Å². The molecule has 0 spiro atoms. The molecule has 1 aromatic carbocycles. The number of hydrogen-bond acceptors (Lipinski definition) is 3. The molecule has 2 rings (SSSR count). The summed E-state index contributed by atoms with van der Waals surface area (Å²) >= 11 is 1.63. The fourth-order valence-electron chi connectivity index (χ4n) is 1.30. The molecule has 68 valence electrons. The fraction of sp³-hybridized carbons (Fsp3) is 0.200. The third-order valence-electron chi connectivity index (χ3n) is 2.04. The van der Waals surface area contributed by atoms with Crippen LogP contribution in [0.1, 0.15) is 17.9 Å². The maximum Gasteiger partial charge on any atom is 0.130 e. The van der Waals surface area contributed by atoms with Crippen molar-refractivity contribution in [3.05, 3.63) is 47.0 Å². The monoisotopic (exact) mass is 193 g/mol. The highest BCUT2D eigenvalue weighted by Gasteiger charge is 2.23. The fourth-order valence-corrected chi connectivity index (χ4v) is 2.33. The molecule has 1 aromatic rings. The minimum Gasteiger partial charge on any atom is -0.287 e. The summed E-state index contributed by atoms with van der Waals surface area (Å²) in [6.45, 7) is 1.90. The number of allylic oxidation sites excluding steroid dienone is 1. The maximum atomic E-state index is 9.66. The largest absolute Gasteiger partial charge is 0.287 e. The van der Waals surface area contributed by atoms with Crippen LogP contribution in [0.15, 0.2) is 41.4 Å². The van der Waals surface area contributed by atoms with Gasteiger partial charge >= 0.3 is 0 Å². The summed E-state index contributed by atoms with van der Waals surface area (Å²) in [5, 5.41) is 13.0. The first-order valence-electron chi connectivity index (χ1n) is 4.14. The van der Waals surface area contributed by atoms with Crippen molar-refractivity contribution in [2.24, 2.45) is 0 Å². The lowest BCUT2D eigenvalue weighted by Crippen LogP contribution is -2.16. The Morgan fingerprint density at radius 3 is 2.54 bits per heavy atom. The van der Waals surface area contributed by atoms with Crippen molar-refractivity contribution in [1.29, 1.82) is 0 Å². The van der Waals surface area contributed by atoms with E-state index in [1.807, 2.05) is 42.7 Å². The van der Waals surface area contributed by atoms with Crippen molar-refractivity contribution in [3.8, 4) is 0 Å². The van der Waals surface area contributed by atoms with Crippen LogP contribution in [0.2, 0.25) is 0 Å². The molecule has 1 unspecified atom stereocenters. The number of rotatable bonds is 1. The molecule has 1 atom stereocenters. The molecular weight excluding hydrogens is 182 g/mol. The second-order valence-electron chi connectivity index (χ2n) is 3.00. The zero-order valence-electron chi connectivity index (χ0n) is 7.34. The summed E-state index contributed by atoms with van der Waals surface area (Å²) in [7, 11) is 0. The summed E-state index contributed by atoms with van der Waals surface area (Å²) < 4.78 is 0. The Morgan fingerprint density at radius 2 is 2.00 bits per heavy atom. The number of hydrogen-bond donors (Lipinski definition) is 1. The minimum atomic E-state index is 0.0289. The van der Waals surface area contributed by atoms with E-state index in [1.165, 1.54) is 5.06 Å². The Kier molecular flexibility index (Phi) is 2.29. The second kappa shape index (κ2) is 3.44. The quantitative estimate of drug-likeness (QED) is 0.741. The molecule has 0 aromatic heterocycles. The van der Waals surface area contributed by atoms with Crippen LogP contribution in [0.5, 0.6) is 0 Å². The summed E-state index contributed by atoms with van der Waals surface area (Å²) in [5.41, 5.74) is 2.03. The van der Waals surface area contributed by atoms with Crippen molar-refractivity contribution >= 4 is 11.8 Å². The molecular formula is C10H11NOS. The molecule has 1 aliphatic rings. The van der Waals surface area contributed by atoms with Crippen LogP contribution in [0.4, 0.5) is 0 Å². The van der Waals surface area contributed by atoms with Crippen molar-refractivity contribution < 1.29 is 5.21 Å². The summed E-state index contributed by atoms with van der Waals surface area (Å²) in [6, 6.07) is 9.99. The van der Waals surface area contributed by atoms with Crippen LogP contribution < -0.4 is 0 Å². The van der Waals surface area contributed by atoms with Gasteiger partial charge in [0, 0.05) is 5.70 Å². The molecule has 0 radical (unpaired) electrons. The molecule has 1 N–H and O–H groups in total. The molecule has 0 saturated carbocycles. The van der Waals surface area contributed by atoms with Gasteiger partial charge in [-0.15, -0.1) is 0 Å². The average molecular weight is 193 g/mol. The van der Waals surface area contributed by atoms with E-state index in [1.54, 1.807) is 11.8 Å². The number of benzene rings is 1. The predicted octanol–water partition coefficient (Wildman–Crippen LogP) is 2.98. The van der Waals surface area contributed by atoms with E-state index < -0.39 is 0 Å². The molecule has 3 heteroatoms. The Labute approximate surface area is 81.8 Å². The van der Waals surface area contributed by atoms with Gasteiger partial charge in [0.15, 0.2) is 0 Å². The first-order chi connectivity index (χ1) is 6.29. The van der Waals surface area contributed by atoms with Crippen LogP contribution in [-0.2, 0) is 0 Å². The minimum absolute atomic E-state index is 0.0289. The Hall–Kier alpha value is -0.930. The standard InChI is InChI=1S/C10H11NOS/c1-8-7-13-10(11(8)12)9-5-3-2-4-6-9/h2-7,10,12H,1H3. The molecule has 0 amide bonds. The Balaban J connectivity index is 2.22. The van der Waals surface area contributed by atoms with E-state index in [2.05, 4.69) is 0 Å². The molecule has 0 aliphatic carbocycles. The molecule has 0 bridgehead atoms. The molecule has 13 heavy (non-hydrogen) atoms. The SMILES string of the molecule is CC1=CSC(c2ccccc2)N1O. The van der Waals surface area contributed by atoms with Gasteiger partial charge in [0.25, 0.3) is 0 Å². The summed E-state index contributed by atoms with van der Waals surface area (Å²) in [4.78, 5) is 0. The van der Waals surface area contributed by atoms with Gasteiger partial charge < -0.3 is 0 Å². The molecule has 1 heterocycles. The van der Waals surface area contributed by atoms with Crippen LogP contribution in [-0.4, -0.2) is 10.3 Å². The smallest absolute Gasteiger partial charge is 0.130 e. The summed E-state index contributed by atoms with van der Waals surface area (Å²) in [5.74, 6) is 0. The zero-order chi connectivity index (χ0) is 9.26. The van der Waals surface area contributed by atoms with E-state index in [-0.39, 0.29) is 5.37 Å². The van der Waals surface area contributed by atoms with Crippen LogP contribution in [0, 0.1) is 0 Å². The van der Waals surface area contributed by atoms with Gasteiger partial charge in [-0.3, -0.25) is 5.21 Å². The van der Waals surface area contributed by atoms with E-state index in [9.17, 15) is 5.21 Å². The molecule has 2 nitrogen and oxygen atoms in total. The first-order valence-corrected chi connectivity index (χ1v) is 5.08. The van der Waals surface area contributed by atoms with Crippen molar-refractivity contribution in [3.63, 3.8) is 0 Å². The third-order valence-corrected chi connectivity index (χ3v) is 3.24. The predicted molar refractivity (Wildman–Crippen MR) is 54.2 cm³/mol. The van der Waals surface area contributed by atoms with E-state index in [0.29, 0.717) is 0 Å². The Morgan fingerprint density at radius 1 is 1.31 bits per heavy atom. The van der Waals surface area contributed by atoms with Gasteiger partial charge in [-0.2, -0.15) is 0 Å². The van der Waals surface area contributed by atoms with Gasteiger partial charge in [-0.25, -0.2) is 5.06 Å². The lowest BCUT2D eigenvalue weighted by Gasteiger charge is -2.20. The second-order valence-corrected chi connectivity index (χ2v) is 3.96. The highest BCUT2D eigenvalue weighted by atomic mass is 32.2. The van der Waals surface area contributed by atoms with Gasteiger partial charge in [-0.05, 0) is 17.9 Å². The van der Waals surface area contributed by atoms with Gasteiger partial charge in [0.1, 0.15) is 5.37 Å². The highest BCUT2D eigenvalue weighted by Crippen LogP contribution is 2.40. The van der Waals surface area contributed by atoms with Gasteiger partial charge in [0.05, 0.1) is 0 Å². The lowest BCUT2D eigenvalue weighted by atomic mass is 10.2. The molecule has 0 fully saturated rings. The van der Waals surface area contributed by atoms with Crippen molar-refractivity contribution in [2.75, 3.05) is 0 Å². The zero-order valence-corrected chi connectivity index (χ0v) is 8.16. The molecule has 0 saturated heterocycles. The Bertz CT molecular complexity index is 323. The first kappa shape index (κ1) is 8.66. The van der Waals surface area contributed by atoms with E-state index in [4.69, 9.17) is 0 Å². The maximum absolute atomic E-state index is 9.66. The third kappa shape index (κ3) is 1.57. The normalized spacial score (nSPS) is 21.8. The highest BCUT2D eigenvalue weighted by molar-refractivity contribution is 8.02. The van der Waals surface area contributed by atoms with Gasteiger partial charge in [-0.1, -0.05) is 42.1 Å². The van der Waals surface area contributed by atoms with Gasteiger partial charge in [0.2, 0.25) is 0 Å². The van der Waals surface area contributed by atoms with Crippen LogP contribution >= 0.6 is 11.8 Å².